The van der Waals surface area contributed by atoms with Crippen molar-refractivity contribution in [1.29, 1.82) is 0 Å². The largest absolute Gasteiger partial charge is 0.103 e. The van der Waals surface area contributed by atoms with E-state index in [1.807, 2.05) is 10.2 Å². The van der Waals surface area contributed by atoms with Gasteiger partial charge in [-0.15, -0.1) is 11.8 Å². The summed E-state index contributed by atoms with van der Waals surface area (Å²) in [7, 11) is 1.84. The van der Waals surface area contributed by atoms with Crippen molar-refractivity contribution in [2.75, 3.05) is 0 Å². The lowest BCUT2D eigenvalue weighted by Gasteiger charge is -1.86. The van der Waals surface area contributed by atoms with Crippen LogP contribution in [0.5, 0.6) is 0 Å². The molecule has 0 heterocycles. The minimum atomic E-state index is 0.278. The molecule has 53 valence electrons. The zero-order valence-corrected chi connectivity index (χ0v) is 8.11. The van der Waals surface area contributed by atoms with Crippen LogP contribution < -0.4 is 0 Å². The van der Waals surface area contributed by atoms with Gasteiger partial charge in [-0.25, -0.2) is 0 Å². The highest BCUT2D eigenvalue weighted by Crippen LogP contribution is 1.91. The minimum absolute atomic E-state index is 0.278. The molecule has 0 aromatic heterocycles. The summed E-state index contributed by atoms with van der Waals surface area (Å²) in [5, 5.41) is 0. The first kappa shape index (κ1) is 9.34. The smallest absolute Gasteiger partial charge is 0.0631 e. The molecular weight excluding hydrogens is 136 g/mol. The Hall–Kier alpha value is -0.663. The van der Waals surface area contributed by atoms with Gasteiger partial charge in [0, 0.05) is 23.1 Å². The lowest BCUT2D eigenvalue weighted by Crippen LogP contribution is -1.81. The van der Waals surface area contributed by atoms with E-state index < -0.39 is 0 Å². The molecule has 0 unspecified atom stereocenters. The fourth-order valence-corrected chi connectivity index (χ4v) is 0.775. The Morgan fingerprint density at radius 2 is 1.50 bits per heavy atom. The quantitative estimate of drug-likeness (QED) is 0.359. The van der Waals surface area contributed by atoms with Gasteiger partial charge in [0.15, 0.2) is 0 Å². The Bertz CT molecular complexity index is 162. The first-order chi connectivity index (χ1) is 4.81. The predicted octanol–water partition coefficient (Wildman–Crippen LogP) is 1.23. The fourth-order valence-electron chi connectivity index (χ4n) is 0.487. The topological polar surface area (TPSA) is 0 Å². The summed E-state index contributed by atoms with van der Waals surface area (Å²) in [6.45, 7) is 4.10. The molecule has 0 atom stereocenters. The molecule has 0 fully saturated rings. The van der Waals surface area contributed by atoms with Crippen LogP contribution in [-0.4, -0.2) is 10.2 Å². The van der Waals surface area contributed by atoms with Crippen LogP contribution >= 0.6 is 0 Å². The summed E-state index contributed by atoms with van der Waals surface area (Å²) in [6, 6.07) is 0. The normalized spacial score (nSPS) is 7.60. The van der Waals surface area contributed by atoms with E-state index in [9.17, 15) is 0 Å². The highest BCUT2D eigenvalue weighted by molar-refractivity contribution is 6.15. The standard InChI is InChI=1S/C9H13Si/c1-3-5-7-9(10)8-6-4-2/h9H,3-4,10H2,1-2H3. The van der Waals surface area contributed by atoms with Crippen LogP contribution in [0.15, 0.2) is 0 Å². The van der Waals surface area contributed by atoms with E-state index in [2.05, 4.69) is 37.5 Å². The summed E-state index contributed by atoms with van der Waals surface area (Å²) in [4.78, 5) is 0. The van der Waals surface area contributed by atoms with Crippen LogP contribution in [0.3, 0.4) is 0 Å². The van der Waals surface area contributed by atoms with Gasteiger partial charge in [-0.2, -0.15) is 0 Å². The highest BCUT2D eigenvalue weighted by atomic mass is 28.1. The van der Waals surface area contributed by atoms with Crippen LogP contribution in [0.2, 0.25) is 5.54 Å². The maximum atomic E-state index is 3.06. The molecule has 0 N–H and O–H groups in total. The van der Waals surface area contributed by atoms with Crippen molar-refractivity contribution in [1.82, 2.24) is 0 Å². The van der Waals surface area contributed by atoms with Crippen molar-refractivity contribution in [3.63, 3.8) is 0 Å². The molecule has 1 radical (unpaired) electrons. The summed E-state index contributed by atoms with van der Waals surface area (Å²) < 4.78 is 0. The summed E-state index contributed by atoms with van der Waals surface area (Å²) >= 11 is 0. The van der Waals surface area contributed by atoms with E-state index in [1.165, 1.54) is 0 Å². The monoisotopic (exact) mass is 149 g/mol. The minimum Gasteiger partial charge on any atom is -0.103 e. The van der Waals surface area contributed by atoms with E-state index in [-0.39, 0.29) is 5.54 Å². The molecule has 0 aromatic rings. The molecular formula is C9H13Si. The third-order valence-corrected chi connectivity index (χ3v) is 1.31. The van der Waals surface area contributed by atoms with Gasteiger partial charge < -0.3 is 0 Å². The highest BCUT2D eigenvalue weighted by Gasteiger charge is 1.84. The molecule has 0 saturated heterocycles. The molecule has 1 heteroatoms. The van der Waals surface area contributed by atoms with Gasteiger partial charge in [-0.1, -0.05) is 25.7 Å². The Balaban J connectivity index is 3.73. The van der Waals surface area contributed by atoms with Gasteiger partial charge in [-0.05, 0) is 0 Å². The molecule has 0 aliphatic carbocycles. The summed E-state index contributed by atoms with van der Waals surface area (Å²) in [5.74, 6) is 12.1. The Morgan fingerprint density at radius 3 is 1.80 bits per heavy atom. The van der Waals surface area contributed by atoms with E-state index in [0.717, 1.165) is 12.8 Å². The van der Waals surface area contributed by atoms with Gasteiger partial charge in [0.2, 0.25) is 0 Å². The van der Waals surface area contributed by atoms with Crippen LogP contribution in [0.25, 0.3) is 0 Å². The van der Waals surface area contributed by atoms with Crippen molar-refractivity contribution < 1.29 is 0 Å². The second-order valence-corrected chi connectivity index (χ2v) is 2.72. The molecule has 0 rings (SSSR count). The van der Waals surface area contributed by atoms with E-state index in [0.29, 0.717) is 0 Å². The predicted molar refractivity (Wildman–Crippen MR) is 48.4 cm³/mol. The van der Waals surface area contributed by atoms with Crippen LogP contribution in [0, 0.1) is 23.7 Å². The SMILES string of the molecule is CCC#CC([SiH2])C#CCC. The molecule has 0 bridgehead atoms. The lowest BCUT2D eigenvalue weighted by atomic mass is 10.3. The van der Waals surface area contributed by atoms with Crippen molar-refractivity contribution in [3.8, 4) is 23.7 Å². The van der Waals surface area contributed by atoms with Gasteiger partial charge in [0.1, 0.15) is 0 Å². The Kier molecular flexibility index (Phi) is 6.03. The third-order valence-electron chi connectivity index (χ3n) is 0.906. The third kappa shape index (κ3) is 5.47. The van der Waals surface area contributed by atoms with Crippen LogP contribution in [-0.2, 0) is 0 Å². The molecule has 0 aliphatic rings. The molecule has 0 amide bonds. The molecule has 0 nitrogen and oxygen atoms in total. The van der Waals surface area contributed by atoms with Gasteiger partial charge >= 0.3 is 0 Å². The van der Waals surface area contributed by atoms with E-state index in [4.69, 9.17) is 0 Å². The number of rotatable bonds is 0. The maximum Gasteiger partial charge on any atom is 0.0631 e. The maximum absolute atomic E-state index is 3.06. The molecule has 0 aromatic carbocycles. The van der Waals surface area contributed by atoms with Crippen LogP contribution in [0.1, 0.15) is 26.7 Å². The van der Waals surface area contributed by atoms with E-state index >= 15 is 0 Å². The van der Waals surface area contributed by atoms with Gasteiger partial charge in [-0.3, -0.25) is 0 Å². The van der Waals surface area contributed by atoms with Crippen molar-refractivity contribution in [3.05, 3.63) is 0 Å². The molecule has 0 aliphatic heterocycles. The molecule has 0 spiro atoms. The first-order valence-corrected chi connectivity index (χ1v) is 4.42. The fraction of sp³-hybridized carbons (Fsp3) is 0.556. The Morgan fingerprint density at radius 1 is 1.10 bits per heavy atom. The lowest BCUT2D eigenvalue weighted by molar-refractivity contribution is 1.26. The average molecular weight is 149 g/mol. The molecule has 0 saturated carbocycles. The van der Waals surface area contributed by atoms with Gasteiger partial charge in [0.05, 0.1) is 5.54 Å². The Labute approximate surface area is 66.8 Å². The van der Waals surface area contributed by atoms with Crippen molar-refractivity contribution in [2.24, 2.45) is 0 Å². The van der Waals surface area contributed by atoms with Gasteiger partial charge in [0.25, 0.3) is 0 Å². The number of hydrogen-bond donors (Lipinski definition) is 0. The number of hydrogen-bond acceptors (Lipinski definition) is 0. The average Bonchev–Trinajstić information content (AvgIpc) is 1.97. The zero-order valence-electron chi connectivity index (χ0n) is 6.70. The van der Waals surface area contributed by atoms with Crippen molar-refractivity contribution in [2.45, 2.75) is 32.2 Å². The second-order valence-electron chi connectivity index (χ2n) is 1.90. The summed E-state index contributed by atoms with van der Waals surface area (Å²) in [6.07, 6.45) is 1.87. The van der Waals surface area contributed by atoms with Crippen molar-refractivity contribution >= 4 is 10.2 Å². The second kappa shape index (κ2) is 6.46. The molecule has 10 heavy (non-hydrogen) atoms. The van der Waals surface area contributed by atoms with Crippen LogP contribution in [0.4, 0.5) is 0 Å². The summed E-state index contributed by atoms with van der Waals surface area (Å²) in [5.41, 5.74) is 0.278. The zero-order chi connectivity index (χ0) is 7.82. The van der Waals surface area contributed by atoms with E-state index in [1.54, 1.807) is 0 Å². The first-order valence-electron chi connectivity index (χ1n) is 3.61.